The Bertz CT molecular complexity index is 1850. The number of hydrogen-bond acceptors (Lipinski definition) is 7. The molecule has 1 amide bonds. The smallest absolute Gasteiger partial charge is 0.306 e. The van der Waals surface area contributed by atoms with Gasteiger partial charge in [-0.1, -0.05) is 271 Å². The van der Waals surface area contributed by atoms with Crippen molar-refractivity contribution in [3.8, 4) is 0 Å². The molecule has 3 unspecified atom stereocenters. The Kier molecular flexibility index (Phi) is 59.8. The van der Waals surface area contributed by atoms with E-state index in [0.29, 0.717) is 23.9 Å². The second kappa shape index (κ2) is 62.5. The number of nitrogens with zero attached hydrogens (tertiary/aromatic N) is 1. The van der Waals surface area contributed by atoms with Crippen LogP contribution < -0.4 is 10.2 Å². The first-order chi connectivity index (χ1) is 40.9. The Morgan fingerprint density at radius 1 is 0.429 bits per heavy atom. The molecule has 3 atom stereocenters. The molecule has 0 radical (unpaired) electrons. The summed E-state index contributed by atoms with van der Waals surface area (Å²) in [4.78, 5) is 40.2. The summed E-state index contributed by atoms with van der Waals surface area (Å²) in [6.07, 6.45) is 87.4. The van der Waals surface area contributed by atoms with Crippen LogP contribution in [0, 0.1) is 0 Å². The number of esters is 1. The van der Waals surface area contributed by atoms with E-state index in [1.54, 1.807) is 0 Å². The van der Waals surface area contributed by atoms with Crippen molar-refractivity contribution >= 4 is 19.7 Å². The highest BCUT2D eigenvalue weighted by atomic mass is 31.2. The van der Waals surface area contributed by atoms with E-state index in [0.717, 1.165) is 128 Å². The van der Waals surface area contributed by atoms with Gasteiger partial charge in [0.15, 0.2) is 0 Å². The van der Waals surface area contributed by atoms with Gasteiger partial charge in [0.05, 0.1) is 33.8 Å². The average molecular weight is 1190 g/mol. The molecule has 1 N–H and O–H groups in total. The fraction of sp³-hybridized carbons (Fsp3) is 0.703. The number of phosphoric acid groups is 1. The monoisotopic (exact) mass is 1190 g/mol. The van der Waals surface area contributed by atoms with Gasteiger partial charge in [-0.15, -0.1) is 0 Å². The molecule has 0 aliphatic heterocycles. The highest BCUT2D eigenvalue weighted by Gasteiger charge is 2.27. The first-order valence-corrected chi connectivity index (χ1v) is 35.8. The van der Waals surface area contributed by atoms with E-state index in [1.165, 1.54) is 116 Å². The number of nitrogens with one attached hydrogen (secondary N) is 1. The lowest BCUT2D eigenvalue weighted by Crippen LogP contribution is -2.47. The highest BCUT2D eigenvalue weighted by molar-refractivity contribution is 7.45. The molecule has 0 fully saturated rings. The molecule has 0 spiro atoms. The average Bonchev–Trinajstić information content (AvgIpc) is 3.65. The van der Waals surface area contributed by atoms with Gasteiger partial charge in [0, 0.05) is 12.8 Å². The van der Waals surface area contributed by atoms with Crippen LogP contribution in [0.2, 0.25) is 0 Å². The van der Waals surface area contributed by atoms with Gasteiger partial charge in [-0.05, 0) is 122 Å². The quantitative estimate of drug-likeness (QED) is 0.0212. The van der Waals surface area contributed by atoms with Gasteiger partial charge in [0.1, 0.15) is 19.3 Å². The van der Waals surface area contributed by atoms with Crippen LogP contribution in [0.25, 0.3) is 0 Å². The predicted molar refractivity (Wildman–Crippen MR) is 362 cm³/mol. The maximum absolute atomic E-state index is 13.6. The zero-order chi connectivity index (χ0) is 61.4. The van der Waals surface area contributed by atoms with Crippen LogP contribution >= 0.6 is 7.82 Å². The topological polar surface area (TPSA) is 114 Å². The van der Waals surface area contributed by atoms with E-state index >= 15 is 0 Å². The first-order valence-electron chi connectivity index (χ1n) is 34.3. The van der Waals surface area contributed by atoms with Crippen LogP contribution in [0.3, 0.4) is 0 Å². The number of hydrogen-bond donors (Lipinski definition) is 1. The van der Waals surface area contributed by atoms with E-state index in [4.69, 9.17) is 13.8 Å². The Balaban J connectivity index is 5.19. The largest absolute Gasteiger partial charge is 0.756 e. The van der Waals surface area contributed by atoms with Crippen molar-refractivity contribution < 1.29 is 37.3 Å². The van der Waals surface area contributed by atoms with Gasteiger partial charge >= 0.3 is 5.97 Å². The number of phosphoric ester groups is 1. The third-order valence-corrected chi connectivity index (χ3v) is 15.6. The molecule has 10 heteroatoms. The van der Waals surface area contributed by atoms with Crippen molar-refractivity contribution in [2.45, 2.75) is 296 Å². The fourth-order valence-electron chi connectivity index (χ4n) is 9.36. The molecular weight excluding hydrogens is 1060 g/mol. The van der Waals surface area contributed by atoms with Gasteiger partial charge in [-0.2, -0.15) is 0 Å². The van der Waals surface area contributed by atoms with Gasteiger partial charge in [-0.3, -0.25) is 14.2 Å². The third-order valence-electron chi connectivity index (χ3n) is 14.6. The van der Waals surface area contributed by atoms with Crippen molar-refractivity contribution in [3.63, 3.8) is 0 Å². The fourth-order valence-corrected chi connectivity index (χ4v) is 10.1. The Labute approximate surface area is 518 Å². The molecule has 0 aliphatic carbocycles. The molecule has 482 valence electrons. The van der Waals surface area contributed by atoms with Crippen LogP contribution in [-0.2, 0) is 27.9 Å². The summed E-state index contributed by atoms with van der Waals surface area (Å²) in [5.74, 6) is -0.570. The van der Waals surface area contributed by atoms with Crippen LogP contribution in [0.4, 0.5) is 0 Å². The molecule has 0 aliphatic rings. The number of carbonyl (C=O) groups is 2. The lowest BCUT2D eigenvalue weighted by atomic mass is 10.0. The standard InChI is InChI=1S/C74H129N2O7P/c1-7-10-13-16-19-22-25-28-30-32-34-36-38-40-42-44-46-48-51-54-57-60-63-66-73(77)75-71(70-82-84(79,80)81-69-68-76(4,5)6)72(65-62-59-56-53-50-27-24-21-18-15-12-9-3)83-74(78)67-64-61-58-55-52-49-47-45-43-41-39-37-35-33-31-29-26-23-20-17-14-11-8-2/h11,14,19-20,22-23,28-31,34-37,40-43,62,65,71-72H,7-10,12-13,15-18,21,24-27,32-33,38-39,44-61,63-64,66-70H2,1-6H3,(H-,75,77,79,80)/b14-11-,22-19-,23-20-,30-28-,31-29-,36-34-,37-35-,42-40-,43-41-,65-62+. The molecule has 0 aromatic heterocycles. The summed E-state index contributed by atoms with van der Waals surface area (Å²) in [7, 11) is 1.16. The second-order valence-corrected chi connectivity index (χ2v) is 25.4. The molecular formula is C74H129N2O7P. The van der Waals surface area contributed by atoms with Crippen molar-refractivity contribution in [3.05, 3.63) is 122 Å². The SMILES string of the molecule is CC/C=C\C/C=C\C/C=C\C/C=C\C/C=C\CCCCCCCCCC(=O)OC(/C=C/CCCCCCCCCCCC)C(COP(=O)([O-])OCC[N+](C)(C)C)NC(=O)CCCCCCCCC/C=C\C/C=C\C/C=C\C/C=C\CCCCC. The lowest BCUT2D eigenvalue weighted by molar-refractivity contribution is -0.870. The zero-order valence-electron chi connectivity index (χ0n) is 55.1. The zero-order valence-corrected chi connectivity index (χ0v) is 56.0. The number of quaternary nitrogens is 1. The van der Waals surface area contributed by atoms with Crippen molar-refractivity contribution in [2.24, 2.45) is 0 Å². The number of unbranched alkanes of at least 4 members (excludes halogenated alkanes) is 27. The Hall–Kier alpha value is -3.59. The van der Waals surface area contributed by atoms with Gasteiger partial charge < -0.3 is 28.5 Å². The molecule has 0 saturated heterocycles. The van der Waals surface area contributed by atoms with Gasteiger partial charge in [0.25, 0.3) is 7.82 Å². The molecule has 0 bridgehead atoms. The van der Waals surface area contributed by atoms with Crippen molar-refractivity contribution in [1.82, 2.24) is 5.32 Å². The number of carbonyl (C=O) groups excluding carboxylic acids is 2. The first kappa shape index (κ1) is 80.4. The van der Waals surface area contributed by atoms with Crippen LogP contribution in [0.5, 0.6) is 0 Å². The minimum Gasteiger partial charge on any atom is -0.756 e. The summed E-state index contributed by atoms with van der Waals surface area (Å²) in [6, 6.07) is -0.908. The van der Waals surface area contributed by atoms with Crippen molar-refractivity contribution in [2.75, 3.05) is 40.9 Å². The van der Waals surface area contributed by atoms with E-state index < -0.39 is 26.6 Å². The van der Waals surface area contributed by atoms with E-state index in [2.05, 4.69) is 135 Å². The summed E-state index contributed by atoms with van der Waals surface area (Å²) in [6.45, 7) is 6.69. The highest BCUT2D eigenvalue weighted by Crippen LogP contribution is 2.38. The molecule has 0 heterocycles. The minimum atomic E-state index is -4.72. The summed E-state index contributed by atoms with van der Waals surface area (Å²) < 4.78 is 30.4. The van der Waals surface area contributed by atoms with Crippen LogP contribution in [-0.4, -0.2) is 69.4 Å². The number of rotatable bonds is 61. The van der Waals surface area contributed by atoms with Gasteiger partial charge in [-0.25, -0.2) is 0 Å². The van der Waals surface area contributed by atoms with E-state index in [1.807, 2.05) is 33.3 Å². The summed E-state index contributed by atoms with van der Waals surface area (Å²) in [5, 5.41) is 3.03. The van der Waals surface area contributed by atoms with Gasteiger partial charge in [0.2, 0.25) is 5.91 Å². The minimum absolute atomic E-state index is 0.0328. The summed E-state index contributed by atoms with van der Waals surface area (Å²) >= 11 is 0. The molecule has 84 heavy (non-hydrogen) atoms. The number of allylic oxidation sites excluding steroid dienone is 19. The summed E-state index contributed by atoms with van der Waals surface area (Å²) in [5.41, 5.74) is 0. The molecule has 0 rings (SSSR count). The normalized spacial score (nSPS) is 14.3. The number of ether oxygens (including phenoxy) is 1. The maximum Gasteiger partial charge on any atom is 0.306 e. The lowest BCUT2D eigenvalue weighted by Gasteiger charge is -2.30. The molecule has 9 nitrogen and oxygen atoms in total. The second-order valence-electron chi connectivity index (χ2n) is 23.9. The van der Waals surface area contributed by atoms with Crippen molar-refractivity contribution in [1.29, 1.82) is 0 Å². The Morgan fingerprint density at radius 2 is 0.762 bits per heavy atom. The molecule has 0 aromatic rings. The van der Waals surface area contributed by atoms with Crippen LogP contribution in [0.1, 0.15) is 284 Å². The third kappa shape index (κ3) is 62.9. The van der Waals surface area contributed by atoms with E-state index in [-0.39, 0.29) is 24.9 Å². The predicted octanol–water partition coefficient (Wildman–Crippen LogP) is 21.2. The van der Waals surface area contributed by atoms with Crippen LogP contribution in [0.15, 0.2) is 122 Å². The molecule has 0 saturated carbocycles. The maximum atomic E-state index is 13.6. The number of amides is 1. The Morgan fingerprint density at radius 3 is 1.17 bits per heavy atom. The number of likely N-dealkylation sites (N-methyl/N-ethyl adjacent to an activating group) is 1. The van der Waals surface area contributed by atoms with E-state index in [9.17, 15) is 19.0 Å². The molecule has 0 aromatic carbocycles.